The normalized spacial score (nSPS) is 11.9. The first-order valence-corrected chi connectivity index (χ1v) is 14.3. The first-order chi connectivity index (χ1) is 18.1. The molecule has 0 saturated heterocycles. The highest BCUT2D eigenvalue weighted by Gasteiger charge is 2.33. The minimum absolute atomic E-state index is 0.135. The minimum Gasteiger partial charge on any atom is -0.492 e. The molecule has 3 aromatic rings. The van der Waals surface area contributed by atoms with Gasteiger partial charge in [0.2, 0.25) is 21.8 Å². The second kappa shape index (κ2) is 13.1. The Morgan fingerprint density at radius 2 is 1.61 bits per heavy atom. The Labute approximate surface area is 225 Å². The third kappa shape index (κ3) is 7.58. The predicted octanol–water partition coefficient (Wildman–Crippen LogP) is 3.55. The smallest absolute Gasteiger partial charge is 0.244 e. The van der Waals surface area contributed by atoms with Crippen LogP contribution in [0.25, 0.3) is 0 Å². The van der Waals surface area contributed by atoms with Gasteiger partial charge in [-0.15, -0.1) is 0 Å². The number of para-hydroxylation sites is 2. The van der Waals surface area contributed by atoms with Crippen molar-refractivity contribution in [3.05, 3.63) is 95.6 Å². The van der Waals surface area contributed by atoms with E-state index in [2.05, 4.69) is 5.32 Å². The number of anilines is 1. The van der Waals surface area contributed by atoms with E-state index >= 15 is 0 Å². The van der Waals surface area contributed by atoms with Crippen LogP contribution in [0.1, 0.15) is 23.6 Å². The molecule has 3 aromatic carbocycles. The average molecular weight is 538 g/mol. The van der Waals surface area contributed by atoms with Crippen LogP contribution in [0.3, 0.4) is 0 Å². The van der Waals surface area contributed by atoms with E-state index in [0.717, 1.165) is 27.3 Å². The van der Waals surface area contributed by atoms with E-state index in [9.17, 15) is 18.0 Å². The molecule has 0 saturated carbocycles. The highest BCUT2D eigenvalue weighted by atomic mass is 32.2. The van der Waals surface area contributed by atoms with Crippen LogP contribution in [0.2, 0.25) is 0 Å². The van der Waals surface area contributed by atoms with Gasteiger partial charge in [-0.3, -0.25) is 13.9 Å². The van der Waals surface area contributed by atoms with E-state index in [1.165, 1.54) is 11.9 Å². The summed E-state index contributed by atoms with van der Waals surface area (Å²) in [6, 6.07) is 22.9. The van der Waals surface area contributed by atoms with Gasteiger partial charge in [-0.05, 0) is 37.1 Å². The zero-order chi connectivity index (χ0) is 27.7. The van der Waals surface area contributed by atoms with Gasteiger partial charge in [0, 0.05) is 20.0 Å². The maximum atomic E-state index is 14.0. The van der Waals surface area contributed by atoms with Gasteiger partial charge in [-0.25, -0.2) is 8.42 Å². The minimum atomic E-state index is -3.87. The first kappa shape index (κ1) is 28.7. The van der Waals surface area contributed by atoms with Crippen molar-refractivity contribution >= 4 is 27.5 Å². The van der Waals surface area contributed by atoms with E-state index < -0.39 is 28.5 Å². The summed E-state index contributed by atoms with van der Waals surface area (Å²) in [6.45, 7) is 3.73. The van der Waals surface area contributed by atoms with Crippen LogP contribution in [-0.2, 0) is 32.6 Å². The molecule has 38 heavy (non-hydrogen) atoms. The molecule has 9 heteroatoms. The van der Waals surface area contributed by atoms with Crippen molar-refractivity contribution in [3.8, 4) is 5.75 Å². The fraction of sp³-hybridized carbons (Fsp3) is 0.310. The summed E-state index contributed by atoms with van der Waals surface area (Å²) in [7, 11) is -2.35. The Bertz CT molecular complexity index is 1350. The number of nitrogens with zero attached hydrogens (tertiary/aromatic N) is 2. The van der Waals surface area contributed by atoms with Gasteiger partial charge in [-0.2, -0.15) is 0 Å². The molecule has 8 nitrogen and oxygen atoms in total. The van der Waals surface area contributed by atoms with Crippen LogP contribution in [0.15, 0.2) is 78.9 Å². The monoisotopic (exact) mass is 537 g/mol. The summed E-state index contributed by atoms with van der Waals surface area (Å²) in [4.78, 5) is 28.6. The zero-order valence-electron chi connectivity index (χ0n) is 22.3. The van der Waals surface area contributed by atoms with Crippen LogP contribution in [0.4, 0.5) is 5.69 Å². The highest BCUT2D eigenvalue weighted by Crippen LogP contribution is 2.30. The van der Waals surface area contributed by atoms with Gasteiger partial charge in [0.1, 0.15) is 18.3 Å². The molecule has 0 bridgehead atoms. The van der Waals surface area contributed by atoms with Gasteiger partial charge >= 0.3 is 0 Å². The summed E-state index contributed by atoms with van der Waals surface area (Å²) in [6.07, 6.45) is 1.32. The lowest BCUT2D eigenvalue weighted by atomic mass is 10.0. The van der Waals surface area contributed by atoms with Crippen molar-refractivity contribution in [2.45, 2.75) is 32.9 Å². The molecule has 2 amide bonds. The van der Waals surface area contributed by atoms with Crippen LogP contribution in [-0.4, -0.2) is 57.6 Å². The Hall–Kier alpha value is -3.85. The number of rotatable bonds is 12. The Morgan fingerprint density at radius 1 is 0.947 bits per heavy atom. The molecule has 0 aliphatic carbocycles. The van der Waals surface area contributed by atoms with Crippen LogP contribution >= 0.6 is 0 Å². The molecule has 3 rings (SSSR count). The number of sulfonamides is 1. The van der Waals surface area contributed by atoms with Crippen molar-refractivity contribution < 1.29 is 22.7 Å². The van der Waals surface area contributed by atoms with Crippen LogP contribution in [0, 0.1) is 6.92 Å². The van der Waals surface area contributed by atoms with Gasteiger partial charge in [0.05, 0.1) is 18.6 Å². The Morgan fingerprint density at radius 3 is 2.24 bits per heavy atom. The molecule has 0 aromatic heterocycles. The van der Waals surface area contributed by atoms with Crippen molar-refractivity contribution in [2.75, 3.05) is 30.8 Å². The number of nitrogens with one attached hydrogen (secondary N) is 1. The summed E-state index contributed by atoms with van der Waals surface area (Å²) in [5.41, 5.74) is 2.99. The number of benzene rings is 3. The summed E-state index contributed by atoms with van der Waals surface area (Å²) >= 11 is 0. The van der Waals surface area contributed by atoms with E-state index in [1.54, 1.807) is 31.2 Å². The zero-order valence-corrected chi connectivity index (χ0v) is 23.1. The maximum Gasteiger partial charge on any atom is 0.244 e. The molecule has 1 atom stereocenters. The maximum absolute atomic E-state index is 14.0. The third-order valence-electron chi connectivity index (χ3n) is 6.07. The molecular formula is C29H35N3O5S. The number of amides is 2. The lowest BCUT2D eigenvalue weighted by Crippen LogP contribution is -2.52. The molecule has 0 aliphatic heterocycles. The van der Waals surface area contributed by atoms with Gasteiger partial charge in [-0.1, -0.05) is 72.3 Å². The van der Waals surface area contributed by atoms with E-state index in [-0.39, 0.29) is 24.6 Å². The number of hydrogen-bond acceptors (Lipinski definition) is 5. The standard InChI is InChI=1S/C29H35N3O5S/c1-5-37-27-17-10-9-16-25(27)32(38(4,35)36)21-28(33)31(20-24-15-11-12-22(2)18-24)26(29(34)30-3)19-23-13-7-6-8-14-23/h6-18,26H,5,19-21H2,1-4H3,(H,30,34). The number of likely N-dealkylation sites (N-methyl/N-ethyl adjacent to an activating group) is 1. The highest BCUT2D eigenvalue weighted by molar-refractivity contribution is 7.92. The fourth-order valence-electron chi connectivity index (χ4n) is 4.26. The average Bonchev–Trinajstić information content (AvgIpc) is 2.89. The Balaban J connectivity index is 2.05. The molecule has 1 unspecified atom stereocenters. The molecule has 0 spiro atoms. The van der Waals surface area contributed by atoms with Crippen LogP contribution < -0.4 is 14.4 Å². The van der Waals surface area contributed by atoms with Gasteiger partial charge in [0.25, 0.3) is 0 Å². The second-order valence-electron chi connectivity index (χ2n) is 9.00. The number of hydrogen-bond donors (Lipinski definition) is 1. The molecule has 0 heterocycles. The number of carbonyl (C=O) groups is 2. The van der Waals surface area contributed by atoms with E-state index in [0.29, 0.717) is 12.4 Å². The first-order valence-electron chi connectivity index (χ1n) is 12.4. The van der Waals surface area contributed by atoms with Crippen molar-refractivity contribution in [1.29, 1.82) is 0 Å². The SMILES string of the molecule is CCOc1ccccc1N(CC(=O)N(Cc1cccc(C)c1)C(Cc1ccccc1)C(=O)NC)S(C)(=O)=O. The molecule has 1 N–H and O–H groups in total. The van der Waals surface area contributed by atoms with Gasteiger partial charge in [0.15, 0.2) is 0 Å². The largest absolute Gasteiger partial charge is 0.492 e. The van der Waals surface area contributed by atoms with Crippen molar-refractivity contribution in [3.63, 3.8) is 0 Å². The quantitative estimate of drug-likeness (QED) is 0.381. The molecule has 0 fully saturated rings. The third-order valence-corrected chi connectivity index (χ3v) is 7.19. The molecule has 0 radical (unpaired) electrons. The number of carbonyl (C=O) groups excluding carboxylic acids is 2. The second-order valence-corrected chi connectivity index (χ2v) is 10.9. The fourth-order valence-corrected chi connectivity index (χ4v) is 5.12. The van der Waals surface area contributed by atoms with Crippen molar-refractivity contribution in [1.82, 2.24) is 10.2 Å². The molecule has 0 aliphatic rings. The molecule has 202 valence electrons. The summed E-state index contributed by atoms with van der Waals surface area (Å²) in [5, 5.41) is 2.67. The topological polar surface area (TPSA) is 96.0 Å². The predicted molar refractivity (Wildman–Crippen MR) is 150 cm³/mol. The lowest BCUT2D eigenvalue weighted by Gasteiger charge is -2.33. The van der Waals surface area contributed by atoms with Gasteiger partial charge < -0.3 is 15.0 Å². The van der Waals surface area contributed by atoms with Crippen molar-refractivity contribution in [2.24, 2.45) is 0 Å². The van der Waals surface area contributed by atoms with E-state index in [4.69, 9.17) is 4.74 Å². The Kier molecular flexibility index (Phi) is 9.90. The summed E-state index contributed by atoms with van der Waals surface area (Å²) < 4.78 is 32.5. The number of ether oxygens (including phenoxy) is 1. The van der Waals surface area contributed by atoms with E-state index in [1.807, 2.05) is 61.5 Å². The summed E-state index contributed by atoms with van der Waals surface area (Å²) in [5.74, 6) is -0.492. The lowest BCUT2D eigenvalue weighted by molar-refractivity contribution is -0.139. The number of aryl methyl sites for hydroxylation is 1. The van der Waals surface area contributed by atoms with Crippen LogP contribution in [0.5, 0.6) is 5.75 Å². The molecular weight excluding hydrogens is 502 g/mol.